The molecule has 0 heterocycles. The molecule has 0 atom stereocenters. The minimum atomic E-state index is 0.482. The van der Waals surface area contributed by atoms with Crippen molar-refractivity contribution in [2.45, 2.75) is 19.8 Å². The van der Waals surface area contributed by atoms with E-state index in [0.29, 0.717) is 15.3 Å². The van der Waals surface area contributed by atoms with E-state index in [0.717, 1.165) is 5.56 Å². The monoisotopic (exact) mass is 288 g/mol. The highest BCUT2D eigenvalue weighted by atomic mass is 127. The summed E-state index contributed by atoms with van der Waals surface area (Å²) < 4.78 is 0.498. The minimum Gasteiger partial charge on any atom is -0.398 e. The molecular weight excluding hydrogens is 275 g/mol. The average molecular weight is 288 g/mol. The summed E-state index contributed by atoms with van der Waals surface area (Å²) in [5.41, 5.74) is 8.50. The zero-order valence-corrected chi connectivity index (χ0v) is 9.92. The summed E-state index contributed by atoms with van der Waals surface area (Å²) in [6.07, 6.45) is 0. The van der Waals surface area contributed by atoms with E-state index in [9.17, 15) is 0 Å². The highest BCUT2D eigenvalue weighted by Gasteiger charge is 2.06. The molecule has 70 valence electrons. The van der Waals surface area contributed by atoms with E-state index in [1.165, 1.54) is 5.56 Å². The van der Waals surface area contributed by atoms with Gasteiger partial charge in [0.2, 0.25) is 0 Å². The lowest BCUT2D eigenvalue weighted by atomic mass is 10.0. The Morgan fingerprint density at radius 2 is 2.08 bits per heavy atom. The molecule has 0 saturated carbocycles. The number of anilines is 1. The van der Waals surface area contributed by atoms with Gasteiger partial charge in [0.15, 0.2) is 0 Å². The summed E-state index contributed by atoms with van der Waals surface area (Å²) >= 11 is 1.98. The summed E-state index contributed by atoms with van der Waals surface area (Å²) in [5, 5.41) is 7.52. The van der Waals surface area contributed by atoms with Crippen LogP contribution in [0.3, 0.4) is 0 Å². The predicted octanol–water partition coefficient (Wildman–Crippen LogP) is 3.15. The summed E-state index contributed by atoms with van der Waals surface area (Å²) in [4.78, 5) is 0. The van der Waals surface area contributed by atoms with Crippen molar-refractivity contribution in [1.29, 1.82) is 5.41 Å². The van der Waals surface area contributed by atoms with Crippen LogP contribution in [0, 0.1) is 5.41 Å². The van der Waals surface area contributed by atoms with Crippen molar-refractivity contribution in [3.05, 3.63) is 29.3 Å². The van der Waals surface area contributed by atoms with E-state index in [1.807, 2.05) is 40.8 Å². The number of hydrogen-bond acceptors (Lipinski definition) is 2. The summed E-state index contributed by atoms with van der Waals surface area (Å²) in [6.45, 7) is 4.26. The van der Waals surface area contributed by atoms with Crippen LogP contribution in [-0.2, 0) is 0 Å². The third-order valence-corrected chi connectivity index (χ3v) is 2.56. The number of nitrogens with one attached hydrogen (secondary N) is 1. The Kier molecular flexibility index (Phi) is 3.30. The van der Waals surface area contributed by atoms with Crippen molar-refractivity contribution in [2.24, 2.45) is 0 Å². The highest BCUT2D eigenvalue weighted by Crippen LogP contribution is 2.22. The fourth-order valence-corrected chi connectivity index (χ4v) is 1.59. The molecule has 0 fully saturated rings. The van der Waals surface area contributed by atoms with Crippen molar-refractivity contribution in [3.8, 4) is 0 Å². The first kappa shape index (κ1) is 10.5. The molecule has 0 saturated heterocycles. The Bertz CT molecular complexity index is 332. The van der Waals surface area contributed by atoms with Gasteiger partial charge in [0.25, 0.3) is 0 Å². The average Bonchev–Trinajstić information content (AvgIpc) is 2.04. The third-order valence-electron chi connectivity index (χ3n) is 1.98. The van der Waals surface area contributed by atoms with Crippen molar-refractivity contribution < 1.29 is 0 Å². The largest absolute Gasteiger partial charge is 0.398 e. The Hall–Kier alpha value is -0.580. The molecule has 0 bridgehead atoms. The highest BCUT2D eigenvalue weighted by molar-refractivity contribution is 14.1. The lowest BCUT2D eigenvalue weighted by Gasteiger charge is -2.09. The molecule has 3 heteroatoms. The Balaban J connectivity index is 3.19. The maximum absolute atomic E-state index is 7.52. The van der Waals surface area contributed by atoms with E-state index >= 15 is 0 Å². The van der Waals surface area contributed by atoms with Gasteiger partial charge in [0, 0.05) is 11.3 Å². The summed E-state index contributed by atoms with van der Waals surface area (Å²) in [7, 11) is 0. The van der Waals surface area contributed by atoms with Gasteiger partial charge in [-0.3, -0.25) is 5.41 Å². The van der Waals surface area contributed by atoms with Crippen molar-refractivity contribution in [3.63, 3.8) is 0 Å². The Morgan fingerprint density at radius 1 is 1.46 bits per heavy atom. The van der Waals surface area contributed by atoms with Gasteiger partial charge >= 0.3 is 0 Å². The molecule has 3 N–H and O–H groups in total. The van der Waals surface area contributed by atoms with Crippen LogP contribution in [0.5, 0.6) is 0 Å². The number of nitrogen functional groups attached to an aromatic ring is 1. The fourth-order valence-electron chi connectivity index (χ4n) is 1.12. The number of hydrogen-bond donors (Lipinski definition) is 2. The van der Waals surface area contributed by atoms with Crippen molar-refractivity contribution >= 4 is 32.0 Å². The lowest BCUT2D eigenvalue weighted by Crippen LogP contribution is -1.99. The second-order valence-electron chi connectivity index (χ2n) is 3.32. The van der Waals surface area contributed by atoms with Gasteiger partial charge in [-0.2, -0.15) is 0 Å². The van der Waals surface area contributed by atoms with Gasteiger partial charge in [0.05, 0.1) is 0 Å². The summed E-state index contributed by atoms with van der Waals surface area (Å²) in [5.74, 6) is 0.482. The van der Waals surface area contributed by atoms with Crippen LogP contribution in [0.15, 0.2) is 18.2 Å². The standard InChI is InChI=1S/C10H13IN2/c1-6(2)7-3-4-9(12)8(5-7)10(11)13/h3-6,13H,12H2,1-2H3. The summed E-state index contributed by atoms with van der Waals surface area (Å²) in [6, 6.07) is 5.88. The first-order chi connectivity index (χ1) is 6.02. The second kappa shape index (κ2) is 4.09. The number of nitrogens with two attached hydrogens (primary N) is 1. The maximum atomic E-state index is 7.52. The van der Waals surface area contributed by atoms with Crippen LogP contribution in [0.25, 0.3) is 0 Å². The Morgan fingerprint density at radius 3 is 2.54 bits per heavy atom. The van der Waals surface area contributed by atoms with Crippen LogP contribution in [0.2, 0.25) is 0 Å². The topological polar surface area (TPSA) is 49.9 Å². The molecule has 0 spiro atoms. The number of halogens is 1. The first-order valence-corrected chi connectivity index (χ1v) is 5.24. The second-order valence-corrected chi connectivity index (χ2v) is 4.39. The van der Waals surface area contributed by atoms with Gasteiger partial charge in [-0.15, -0.1) is 0 Å². The van der Waals surface area contributed by atoms with E-state index in [-0.39, 0.29) is 0 Å². The molecule has 0 aliphatic heterocycles. The predicted molar refractivity (Wildman–Crippen MR) is 65.8 cm³/mol. The Labute approximate surface area is 92.2 Å². The maximum Gasteiger partial charge on any atom is 0.101 e. The SMILES string of the molecule is CC(C)c1ccc(N)c(C(=N)I)c1. The van der Waals surface area contributed by atoms with Gasteiger partial charge in [-0.05, 0) is 46.2 Å². The molecule has 0 aliphatic rings. The minimum absolute atomic E-state index is 0.482. The van der Waals surface area contributed by atoms with Crippen molar-refractivity contribution in [1.82, 2.24) is 0 Å². The van der Waals surface area contributed by atoms with Crippen molar-refractivity contribution in [2.75, 3.05) is 5.73 Å². The van der Waals surface area contributed by atoms with E-state index in [2.05, 4.69) is 13.8 Å². The normalized spacial score (nSPS) is 10.5. The number of rotatable bonds is 2. The lowest BCUT2D eigenvalue weighted by molar-refractivity contribution is 0.866. The third kappa shape index (κ3) is 2.43. The van der Waals surface area contributed by atoms with Crippen LogP contribution in [0.1, 0.15) is 30.9 Å². The molecule has 0 aliphatic carbocycles. The molecule has 0 unspecified atom stereocenters. The molecule has 2 nitrogen and oxygen atoms in total. The molecule has 13 heavy (non-hydrogen) atoms. The van der Waals surface area contributed by atoms with Gasteiger partial charge in [-0.25, -0.2) is 0 Å². The van der Waals surface area contributed by atoms with Gasteiger partial charge in [-0.1, -0.05) is 19.9 Å². The smallest absolute Gasteiger partial charge is 0.101 e. The van der Waals surface area contributed by atoms with E-state index in [4.69, 9.17) is 11.1 Å². The molecule has 0 radical (unpaired) electrons. The molecular formula is C10H13IN2. The molecule has 1 aromatic rings. The van der Waals surface area contributed by atoms with E-state index < -0.39 is 0 Å². The molecule has 0 amide bonds. The zero-order valence-electron chi connectivity index (χ0n) is 7.76. The molecule has 0 aromatic heterocycles. The van der Waals surface area contributed by atoms with E-state index in [1.54, 1.807) is 0 Å². The molecule has 1 aromatic carbocycles. The zero-order chi connectivity index (χ0) is 10.0. The fraction of sp³-hybridized carbons (Fsp3) is 0.300. The first-order valence-electron chi connectivity index (χ1n) is 4.16. The van der Waals surface area contributed by atoms with Gasteiger partial charge in [0.1, 0.15) is 3.72 Å². The quantitative estimate of drug-likeness (QED) is 0.490. The van der Waals surface area contributed by atoms with Crippen LogP contribution >= 0.6 is 22.6 Å². The van der Waals surface area contributed by atoms with Crippen LogP contribution in [0.4, 0.5) is 5.69 Å². The van der Waals surface area contributed by atoms with Crippen LogP contribution in [-0.4, -0.2) is 3.72 Å². The van der Waals surface area contributed by atoms with Gasteiger partial charge < -0.3 is 5.73 Å². The van der Waals surface area contributed by atoms with Crippen LogP contribution < -0.4 is 5.73 Å². The number of benzene rings is 1. The molecule has 1 rings (SSSR count).